The van der Waals surface area contributed by atoms with Crippen molar-refractivity contribution >= 4 is 17.4 Å². The van der Waals surface area contributed by atoms with Gasteiger partial charge in [0.1, 0.15) is 17.4 Å². The molecule has 0 amide bonds. The second-order valence-electron chi connectivity index (χ2n) is 6.83. The van der Waals surface area contributed by atoms with Crippen molar-refractivity contribution in [3.8, 4) is 17.7 Å². The van der Waals surface area contributed by atoms with Gasteiger partial charge in [0.25, 0.3) is 5.56 Å². The number of ether oxygens (including phenoxy) is 1. The molecule has 3 rings (SSSR count). The van der Waals surface area contributed by atoms with Crippen LogP contribution in [0, 0.1) is 25.2 Å². The second-order valence-corrected chi connectivity index (χ2v) is 7.24. The quantitative estimate of drug-likeness (QED) is 0.606. The molecule has 0 aliphatic heterocycles. The number of halogens is 1. The Morgan fingerprint density at radius 3 is 2.47 bits per heavy atom. The van der Waals surface area contributed by atoms with Gasteiger partial charge in [-0.3, -0.25) is 14.2 Å². The van der Waals surface area contributed by atoms with E-state index >= 15 is 0 Å². The summed E-state index contributed by atoms with van der Waals surface area (Å²) < 4.78 is 6.50. The van der Waals surface area contributed by atoms with Crippen LogP contribution in [0.1, 0.15) is 32.6 Å². The third-order valence-electron chi connectivity index (χ3n) is 4.74. The first-order valence-corrected chi connectivity index (χ1v) is 9.53. The van der Waals surface area contributed by atoms with Crippen LogP contribution in [0.2, 0.25) is 5.02 Å². The van der Waals surface area contributed by atoms with Crippen LogP contribution in [0.3, 0.4) is 0 Å². The van der Waals surface area contributed by atoms with E-state index in [1.54, 1.807) is 24.3 Å². The van der Waals surface area contributed by atoms with Gasteiger partial charge >= 0.3 is 0 Å². The summed E-state index contributed by atoms with van der Waals surface area (Å²) in [7, 11) is 0. The van der Waals surface area contributed by atoms with Crippen molar-refractivity contribution in [3.63, 3.8) is 0 Å². The predicted octanol–water partition coefficient (Wildman–Crippen LogP) is 4.01. The van der Waals surface area contributed by atoms with Gasteiger partial charge in [0.2, 0.25) is 11.7 Å². The molecule has 0 spiro atoms. The molecule has 0 radical (unpaired) electrons. The van der Waals surface area contributed by atoms with E-state index in [0.717, 1.165) is 15.7 Å². The van der Waals surface area contributed by atoms with Gasteiger partial charge < -0.3 is 9.84 Å². The highest BCUT2D eigenvalue weighted by Crippen LogP contribution is 2.26. The SMILES string of the molecule is Cc1ccc(Cn2c(O)c(C(=O)COc3ccccc3Cl)c(C)c(C#N)c2=O)cc1. The Hall–Kier alpha value is -3.56. The molecule has 7 heteroatoms. The number of para-hydroxylation sites is 1. The number of aromatic nitrogens is 1. The highest BCUT2D eigenvalue weighted by molar-refractivity contribution is 6.32. The Labute approximate surface area is 178 Å². The minimum absolute atomic E-state index is 0.0194. The standard InChI is InChI=1S/C23H19ClN2O4/c1-14-7-9-16(10-8-14)12-26-22(28)17(11-25)15(2)21(23(26)29)19(27)13-30-20-6-4-3-5-18(20)24/h3-10,29H,12-13H2,1-2H3. The maximum atomic E-state index is 12.8. The highest BCUT2D eigenvalue weighted by atomic mass is 35.5. The zero-order valence-electron chi connectivity index (χ0n) is 16.5. The van der Waals surface area contributed by atoms with Crippen molar-refractivity contribution in [1.29, 1.82) is 5.26 Å². The molecule has 0 aliphatic rings. The topological polar surface area (TPSA) is 92.3 Å². The number of aromatic hydroxyl groups is 1. The average molecular weight is 423 g/mol. The molecule has 3 aromatic rings. The van der Waals surface area contributed by atoms with E-state index in [2.05, 4.69) is 0 Å². The van der Waals surface area contributed by atoms with Crippen LogP contribution in [0.25, 0.3) is 0 Å². The van der Waals surface area contributed by atoms with Crippen LogP contribution >= 0.6 is 11.6 Å². The first-order valence-electron chi connectivity index (χ1n) is 9.16. The Bertz CT molecular complexity index is 1210. The van der Waals surface area contributed by atoms with Crippen molar-refractivity contribution in [1.82, 2.24) is 4.57 Å². The lowest BCUT2D eigenvalue weighted by Crippen LogP contribution is -2.28. The van der Waals surface area contributed by atoms with Gasteiger partial charge in [-0.25, -0.2) is 0 Å². The lowest BCUT2D eigenvalue weighted by molar-refractivity contribution is 0.0916. The third kappa shape index (κ3) is 4.22. The molecular weight excluding hydrogens is 404 g/mol. The Kier molecular flexibility index (Phi) is 6.24. The molecule has 1 heterocycles. The van der Waals surface area contributed by atoms with Crippen LogP contribution in [0.5, 0.6) is 11.6 Å². The highest BCUT2D eigenvalue weighted by Gasteiger charge is 2.24. The number of benzene rings is 2. The average Bonchev–Trinajstić information content (AvgIpc) is 2.72. The van der Waals surface area contributed by atoms with Gasteiger partial charge in [0.15, 0.2) is 6.61 Å². The lowest BCUT2D eigenvalue weighted by atomic mass is 10.0. The molecule has 0 aliphatic carbocycles. The summed E-state index contributed by atoms with van der Waals surface area (Å²) in [5.74, 6) is -0.748. The zero-order chi connectivity index (χ0) is 21.8. The van der Waals surface area contributed by atoms with Crippen molar-refractivity contribution in [3.05, 3.63) is 91.7 Å². The van der Waals surface area contributed by atoms with Crippen molar-refractivity contribution in [2.45, 2.75) is 20.4 Å². The fraction of sp³-hybridized carbons (Fsp3) is 0.174. The van der Waals surface area contributed by atoms with Gasteiger partial charge in [0, 0.05) is 0 Å². The molecule has 0 saturated heterocycles. The number of aryl methyl sites for hydroxylation is 1. The van der Waals surface area contributed by atoms with Gasteiger partial charge in [-0.15, -0.1) is 0 Å². The van der Waals surface area contributed by atoms with Crippen LogP contribution < -0.4 is 10.3 Å². The van der Waals surface area contributed by atoms with Crippen molar-refractivity contribution in [2.24, 2.45) is 0 Å². The molecule has 2 aromatic carbocycles. The predicted molar refractivity (Wildman–Crippen MR) is 113 cm³/mol. The van der Waals surface area contributed by atoms with Gasteiger partial charge in [-0.1, -0.05) is 53.6 Å². The summed E-state index contributed by atoms with van der Waals surface area (Å²) in [5.41, 5.74) is 0.942. The van der Waals surface area contributed by atoms with E-state index in [1.807, 2.05) is 37.3 Å². The molecule has 1 N–H and O–H groups in total. The molecule has 6 nitrogen and oxygen atoms in total. The molecule has 1 aromatic heterocycles. The number of rotatable bonds is 6. The molecule has 30 heavy (non-hydrogen) atoms. The third-order valence-corrected chi connectivity index (χ3v) is 5.05. The Morgan fingerprint density at radius 1 is 1.17 bits per heavy atom. The molecule has 0 bridgehead atoms. The normalized spacial score (nSPS) is 10.5. The first-order chi connectivity index (χ1) is 14.3. The number of pyridine rings is 1. The van der Waals surface area contributed by atoms with E-state index in [0.29, 0.717) is 10.8 Å². The molecule has 0 atom stereocenters. The van der Waals surface area contributed by atoms with Crippen molar-refractivity contribution < 1.29 is 14.6 Å². The smallest absolute Gasteiger partial charge is 0.271 e. The van der Waals surface area contributed by atoms with Crippen LogP contribution in [0.15, 0.2) is 53.3 Å². The Balaban J connectivity index is 2.00. The maximum Gasteiger partial charge on any atom is 0.271 e. The van der Waals surface area contributed by atoms with Crippen LogP contribution in [-0.2, 0) is 6.54 Å². The molecular formula is C23H19ClN2O4. The number of hydrogen-bond donors (Lipinski definition) is 1. The zero-order valence-corrected chi connectivity index (χ0v) is 17.2. The number of carbonyl (C=O) groups is 1. The van der Waals surface area contributed by atoms with Gasteiger partial charge in [-0.2, -0.15) is 5.26 Å². The number of carbonyl (C=O) groups excluding carboxylic acids is 1. The molecule has 0 unspecified atom stereocenters. The number of nitrogens with zero attached hydrogens (tertiary/aromatic N) is 2. The van der Waals surface area contributed by atoms with E-state index < -0.39 is 23.8 Å². The Morgan fingerprint density at radius 2 is 1.83 bits per heavy atom. The summed E-state index contributed by atoms with van der Waals surface area (Å²) in [6.45, 7) is 3.00. The first kappa shape index (κ1) is 21.2. The minimum Gasteiger partial charge on any atom is -0.494 e. The second kappa shape index (κ2) is 8.85. The monoisotopic (exact) mass is 422 g/mol. The molecule has 0 fully saturated rings. The number of nitriles is 1. The fourth-order valence-electron chi connectivity index (χ4n) is 3.08. The van der Waals surface area contributed by atoms with Gasteiger partial charge in [0.05, 0.1) is 17.1 Å². The molecule has 152 valence electrons. The van der Waals surface area contributed by atoms with Crippen LogP contribution in [-0.4, -0.2) is 22.1 Å². The minimum atomic E-state index is -0.656. The fourth-order valence-corrected chi connectivity index (χ4v) is 3.28. The molecule has 0 saturated carbocycles. The van der Waals surface area contributed by atoms with E-state index in [1.165, 1.54) is 6.92 Å². The maximum absolute atomic E-state index is 12.8. The van der Waals surface area contributed by atoms with Crippen LogP contribution in [0.4, 0.5) is 0 Å². The van der Waals surface area contributed by atoms with E-state index in [9.17, 15) is 20.0 Å². The number of ketones is 1. The number of Topliss-reactive ketones (excluding diaryl/α,β-unsaturated/α-hetero) is 1. The van der Waals surface area contributed by atoms with E-state index in [4.69, 9.17) is 16.3 Å². The lowest BCUT2D eigenvalue weighted by Gasteiger charge is -2.16. The summed E-state index contributed by atoms with van der Waals surface area (Å²) in [6, 6.07) is 15.9. The summed E-state index contributed by atoms with van der Waals surface area (Å²) >= 11 is 6.04. The largest absolute Gasteiger partial charge is 0.494 e. The summed E-state index contributed by atoms with van der Waals surface area (Å²) in [5, 5.41) is 20.6. The van der Waals surface area contributed by atoms with E-state index in [-0.39, 0.29) is 23.2 Å². The number of hydrogen-bond acceptors (Lipinski definition) is 5. The van der Waals surface area contributed by atoms with Crippen molar-refractivity contribution in [2.75, 3.05) is 6.61 Å². The summed E-state index contributed by atoms with van der Waals surface area (Å²) in [6.07, 6.45) is 0. The van der Waals surface area contributed by atoms with Gasteiger partial charge in [-0.05, 0) is 37.1 Å². The summed E-state index contributed by atoms with van der Waals surface area (Å²) in [4.78, 5) is 25.6.